The van der Waals surface area contributed by atoms with Crippen LogP contribution in [-0.2, 0) is 12.5 Å². The standard InChI is InChI=1S/C14H16Cl2N2O/c1-10(2)18-7-6-11(17-18)9-19-14-5-3-4-13(16)12(14)8-15/h3-7,10H,8-9H2,1-2H3. The highest BCUT2D eigenvalue weighted by Crippen LogP contribution is 2.28. The lowest BCUT2D eigenvalue weighted by molar-refractivity contribution is 0.296. The van der Waals surface area contributed by atoms with Crippen LogP contribution in [0.3, 0.4) is 0 Å². The molecular formula is C14H16Cl2N2O. The Morgan fingerprint density at radius 3 is 2.74 bits per heavy atom. The van der Waals surface area contributed by atoms with Gasteiger partial charge in [-0.15, -0.1) is 11.6 Å². The Kier molecular flexibility index (Phi) is 4.72. The van der Waals surface area contributed by atoms with Crippen LogP contribution in [0.1, 0.15) is 31.1 Å². The monoisotopic (exact) mass is 298 g/mol. The van der Waals surface area contributed by atoms with E-state index in [4.69, 9.17) is 27.9 Å². The van der Waals surface area contributed by atoms with Gasteiger partial charge in [0, 0.05) is 22.8 Å². The zero-order valence-electron chi connectivity index (χ0n) is 10.9. The molecule has 1 aromatic carbocycles. The van der Waals surface area contributed by atoms with Crippen molar-refractivity contribution in [1.29, 1.82) is 0 Å². The molecular weight excluding hydrogens is 283 g/mol. The lowest BCUT2D eigenvalue weighted by Gasteiger charge is -2.10. The van der Waals surface area contributed by atoms with E-state index in [1.54, 1.807) is 6.07 Å². The van der Waals surface area contributed by atoms with Crippen molar-refractivity contribution in [3.05, 3.63) is 46.7 Å². The molecule has 0 bridgehead atoms. The number of hydrogen-bond acceptors (Lipinski definition) is 2. The average molecular weight is 299 g/mol. The highest BCUT2D eigenvalue weighted by Gasteiger charge is 2.08. The molecule has 0 saturated carbocycles. The van der Waals surface area contributed by atoms with Crippen LogP contribution in [0.5, 0.6) is 5.75 Å². The second kappa shape index (κ2) is 6.31. The maximum atomic E-state index is 6.07. The first-order valence-corrected chi connectivity index (χ1v) is 7.03. The quantitative estimate of drug-likeness (QED) is 0.763. The fraction of sp³-hybridized carbons (Fsp3) is 0.357. The minimum absolute atomic E-state index is 0.329. The van der Waals surface area contributed by atoms with E-state index in [2.05, 4.69) is 18.9 Å². The van der Waals surface area contributed by atoms with Crippen molar-refractivity contribution in [3.63, 3.8) is 0 Å². The maximum absolute atomic E-state index is 6.07. The summed E-state index contributed by atoms with van der Waals surface area (Å²) in [5, 5.41) is 5.05. The predicted octanol–water partition coefficient (Wildman–Crippen LogP) is 4.44. The Bertz CT molecular complexity index is 552. The van der Waals surface area contributed by atoms with Crippen LogP contribution < -0.4 is 4.74 Å². The topological polar surface area (TPSA) is 27.1 Å². The summed E-state index contributed by atoms with van der Waals surface area (Å²) < 4.78 is 7.65. The maximum Gasteiger partial charge on any atom is 0.132 e. The van der Waals surface area contributed by atoms with Gasteiger partial charge in [0.25, 0.3) is 0 Å². The van der Waals surface area contributed by atoms with Gasteiger partial charge < -0.3 is 4.74 Å². The van der Waals surface area contributed by atoms with Gasteiger partial charge in [-0.05, 0) is 32.0 Å². The van der Waals surface area contributed by atoms with Gasteiger partial charge in [-0.1, -0.05) is 17.7 Å². The van der Waals surface area contributed by atoms with E-state index >= 15 is 0 Å². The highest BCUT2D eigenvalue weighted by atomic mass is 35.5. The molecule has 5 heteroatoms. The van der Waals surface area contributed by atoms with Gasteiger partial charge in [0.1, 0.15) is 12.4 Å². The molecule has 1 aromatic heterocycles. The van der Waals surface area contributed by atoms with Crippen molar-refractivity contribution < 1.29 is 4.74 Å². The van der Waals surface area contributed by atoms with Gasteiger partial charge in [0.05, 0.1) is 11.6 Å². The lowest BCUT2D eigenvalue weighted by atomic mass is 10.2. The fourth-order valence-electron chi connectivity index (χ4n) is 1.70. The molecule has 0 amide bonds. The molecule has 0 N–H and O–H groups in total. The summed E-state index contributed by atoms with van der Waals surface area (Å²) in [6.45, 7) is 4.57. The second-order valence-corrected chi connectivity index (χ2v) is 5.19. The van der Waals surface area contributed by atoms with E-state index in [9.17, 15) is 0 Å². The van der Waals surface area contributed by atoms with Gasteiger partial charge in [-0.3, -0.25) is 4.68 Å². The third-order valence-electron chi connectivity index (χ3n) is 2.78. The number of rotatable bonds is 5. The van der Waals surface area contributed by atoms with Crippen molar-refractivity contribution in [2.45, 2.75) is 32.4 Å². The molecule has 0 aliphatic rings. The number of hydrogen-bond donors (Lipinski definition) is 0. The molecule has 102 valence electrons. The van der Waals surface area contributed by atoms with Crippen molar-refractivity contribution in [2.24, 2.45) is 0 Å². The van der Waals surface area contributed by atoms with E-state index in [0.29, 0.717) is 29.3 Å². The fourth-order valence-corrected chi connectivity index (χ4v) is 2.27. The molecule has 2 rings (SSSR count). The Morgan fingerprint density at radius 1 is 1.32 bits per heavy atom. The number of aromatic nitrogens is 2. The molecule has 0 spiro atoms. The molecule has 1 heterocycles. The number of ether oxygens (including phenoxy) is 1. The molecule has 0 aliphatic carbocycles. The predicted molar refractivity (Wildman–Crippen MR) is 78.0 cm³/mol. The lowest BCUT2D eigenvalue weighted by Crippen LogP contribution is -2.04. The van der Waals surface area contributed by atoms with Crippen LogP contribution in [0.25, 0.3) is 0 Å². The summed E-state index contributed by atoms with van der Waals surface area (Å²) in [5.41, 5.74) is 1.70. The molecule has 0 aliphatic heterocycles. The summed E-state index contributed by atoms with van der Waals surface area (Å²) in [6.07, 6.45) is 1.95. The highest BCUT2D eigenvalue weighted by molar-refractivity contribution is 6.32. The summed E-state index contributed by atoms with van der Waals surface area (Å²) in [4.78, 5) is 0. The molecule has 0 saturated heterocycles. The van der Waals surface area contributed by atoms with Gasteiger partial charge in [-0.25, -0.2) is 0 Å². The third-order valence-corrected chi connectivity index (χ3v) is 3.40. The first-order chi connectivity index (χ1) is 9.11. The molecule has 0 atom stereocenters. The SMILES string of the molecule is CC(C)n1ccc(COc2cccc(Cl)c2CCl)n1. The van der Waals surface area contributed by atoms with E-state index in [1.807, 2.05) is 29.1 Å². The van der Waals surface area contributed by atoms with Crippen molar-refractivity contribution in [3.8, 4) is 5.75 Å². The normalized spacial score (nSPS) is 11.0. The molecule has 3 nitrogen and oxygen atoms in total. The molecule has 0 radical (unpaired) electrons. The van der Waals surface area contributed by atoms with Crippen molar-refractivity contribution in [1.82, 2.24) is 9.78 Å². The molecule has 0 fully saturated rings. The van der Waals surface area contributed by atoms with Crippen LogP contribution in [0.2, 0.25) is 5.02 Å². The Labute approximate surface area is 123 Å². The summed E-state index contributed by atoms with van der Waals surface area (Å²) in [5.74, 6) is 1.04. The van der Waals surface area contributed by atoms with E-state index in [0.717, 1.165) is 11.3 Å². The van der Waals surface area contributed by atoms with E-state index in [-0.39, 0.29) is 0 Å². The average Bonchev–Trinajstić information content (AvgIpc) is 2.85. The van der Waals surface area contributed by atoms with Crippen LogP contribution in [0, 0.1) is 0 Å². The Morgan fingerprint density at radius 2 is 2.11 bits per heavy atom. The van der Waals surface area contributed by atoms with Gasteiger partial charge >= 0.3 is 0 Å². The summed E-state index contributed by atoms with van der Waals surface area (Å²) in [7, 11) is 0. The first-order valence-electron chi connectivity index (χ1n) is 6.12. The summed E-state index contributed by atoms with van der Waals surface area (Å²) >= 11 is 12.0. The van der Waals surface area contributed by atoms with Crippen molar-refractivity contribution >= 4 is 23.2 Å². The number of alkyl halides is 1. The Balaban J connectivity index is 2.08. The van der Waals surface area contributed by atoms with Crippen molar-refractivity contribution in [2.75, 3.05) is 0 Å². The molecule has 19 heavy (non-hydrogen) atoms. The van der Waals surface area contributed by atoms with Gasteiger partial charge in [0.2, 0.25) is 0 Å². The van der Waals surface area contributed by atoms with Gasteiger partial charge in [-0.2, -0.15) is 5.10 Å². The number of nitrogens with zero attached hydrogens (tertiary/aromatic N) is 2. The van der Waals surface area contributed by atoms with Crippen LogP contribution in [0.15, 0.2) is 30.5 Å². The van der Waals surface area contributed by atoms with Crippen LogP contribution in [0.4, 0.5) is 0 Å². The van der Waals surface area contributed by atoms with E-state index < -0.39 is 0 Å². The Hall–Kier alpha value is -1.19. The third kappa shape index (κ3) is 3.43. The van der Waals surface area contributed by atoms with E-state index in [1.165, 1.54) is 0 Å². The number of halogens is 2. The van der Waals surface area contributed by atoms with Crippen LogP contribution >= 0.6 is 23.2 Å². The minimum Gasteiger partial charge on any atom is -0.487 e. The van der Waals surface area contributed by atoms with Gasteiger partial charge in [0.15, 0.2) is 0 Å². The molecule has 2 aromatic rings. The minimum atomic E-state index is 0.329. The largest absolute Gasteiger partial charge is 0.487 e. The summed E-state index contributed by atoms with van der Waals surface area (Å²) in [6, 6.07) is 7.81. The number of benzene rings is 1. The molecule has 0 unspecified atom stereocenters. The smallest absolute Gasteiger partial charge is 0.132 e. The zero-order valence-corrected chi connectivity index (χ0v) is 12.4. The first kappa shape index (κ1) is 14.2. The van der Waals surface area contributed by atoms with Crippen LogP contribution in [-0.4, -0.2) is 9.78 Å². The second-order valence-electron chi connectivity index (χ2n) is 4.52. The zero-order chi connectivity index (χ0) is 13.8.